The Morgan fingerprint density at radius 1 is 1.36 bits per heavy atom. The number of hydrogen-bond acceptors (Lipinski definition) is 2. The molecule has 0 aliphatic rings. The molecule has 0 saturated heterocycles. The molecule has 0 spiro atoms. The van der Waals surface area contributed by atoms with Gasteiger partial charge in [-0.3, -0.25) is 0 Å². The zero-order chi connectivity index (χ0) is 11.0. The largest absolute Gasteiger partial charge is 0.422 e. The lowest BCUT2D eigenvalue weighted by Crippen LogP contribution is -2.39. The second-order valence-electron chi connectivity index (χ2n) is 2.92. The van der Waals surface area contributed by atoms with Crippen LogP contribution in [0.2, 0.25) is 0 Å². The summed E-state index contributed by atoms with van der Waals surface area (Å²) >= 11 is 2.93. The molecular formula is C8H7BrF3NO. The Hall–Kier alpha value is -0.620. The molecule has 0 aromatic carbocycles. The molecule has 0 saturated carbocycles. The van der Waals surface area contributed by atoms with Crippen molar-refractivity contribution in [3.8, 4) is 0 Å². The number of nitrogens with zero attached hydrogens (tertiary/aromatic N) is 1. The Labute approximate surface area is 86.9 Å². The van der Waals surface area contributed by atoms with Gasteiger partial charge in [-0.05, 0) is 35.0 Å². The second kappa shape index (κ2) is 3.51. The minimum absolute atomic E-state index is 0.250. The van der Waals surface area contributed by atoms with Gasteiger partial charge < -0.3 is 5.11 Å². The Balaban J connectivity index is 3.16. The van der Waals surface area contributed by atoms with Crippen LogP contribution in [0.1, 0.15) is 12.6 Å². The third-order valence-corrected chi connectivity index (χ3v) is 2.21. The average molecular weight is 270 g/mol. The number of hydrogen-bond donors (Lipinski definition) is 1. The zero-order valence-electron chi connectivity index (χ0n) is 7.14. The predicted octanol–water partition coefficient (Wildman–Crippen LogP) is 2.61. The van der Waals surface area contributed by atoms with E-state index in [9.17, 15) is 18.3 Å². The summed E-state index contributed by atoms with van der Waals surface area (Å²) in [7, 11) is 0. The van der Waals surface area contributed by atoms with E-state index in [1.165, 1.54) is 12.1 Å². The summed E-state index contributed by atoms with van der Waals surface area (Å²) in [4.78, 5) is 3.56. The number of rotatable bonds is 1. The first-order valence-electron chi connectivity index (χ1n) is 3.67. The van der Waals surface area contributed by atoms with Crippen molar-refractivity contribution in [3.63, 3.8) is 0 Å². The van der Waals surface area contributed by atoms with Crippen molar-refractivity contribution in [1.29, 1.82) is 0 Å². The molecule has 0 amide bonds. The van der Waals surface area contributed by atoms with E-state index in [0.29, 0.717) is 6.92 Å². The normalized spacial score (nSPS) is 16.4. The molecule has 1 N–H and O–H groups in total. The van der Waals surface area contributed by atoms with Crippen molar-refractivity contribution in [3.05, 3.63) is 28.5 Å². The average Bonchev–Trinajstić information content (AvgIpc) is 2.02. The first-order chi connectivity index (χ1) is 6.25. The molecule has 1 rings (SSSR count). The van der Waals surface area contributed by atoms with E-state index in [2.05, 4.69) is 20.9 Å². The first-order valence-corrected chi connectivity index (χ1v) is 4.46. The molecule has 1 aromatic rings. The molecule has 78 valence electrons. The highest BCUT2D eigenvalue weighted by Gasteiger charge is 2.52. The summed E-state index contributed by atoms with van der Waals surface area (Å²) in [5.74, 6) is 0. The lowest BCUT2D eigenvalue weighted by Gasteiger charge is -2.25. The van der Waals surface area contributed by atoms with Gasteiger partial charge in [-0.25, -0.2) is 4.98 Å². The van der Waals surface area contributed by atoms with Gasteiger partial charge in [0.15, 0.2) is 5.60 Å². The van der Waals surface area contributed by atoms with E-state index in [1.807, 2.05) is 0 Å². The second-order valence-corrected chi connectivity index (χ2v) is 3.73. The zero-order valence-corrected chi connectivity index (χ0v) is 8.72. The third-order valence-electron chi connectivity index (χ3n) is 1.77. The van der Waals surface area contributed by atoms with Crippen LogP contribution >= 0.6 is 15.9 Å². The van der Waals surface area contributed by atoms with Crippen LogP contribution in [0.15, 0.2) is 22.8 Å². The van der Waals surface area contributed by atoms with E-state index in [-0.39, 0.29) is 4.60 Å². The Morgan fingerprint density at radius 2 is 1.93 bits per heavy atom. The van der Waals surface area contributed by atoms with Gasteiger partial charge in [-0.1, -0.05) is 6.07 Å². The Morgan fingerprint density at radius 3 is 2.36 bits per heavy atom. The molecule has 6 heteroatoms. The smallest absolute Gasteiger partial charge is 0.375 e. The molecule has 0 aliphatic heterocycles. The van der Waals surface area contributed by atoms with Crippen molar-refractivity contribution in [2.24, 2.45) is 0 Å². The van der Waals surface area contributed by atoms with E-state index < -0.39 is 17.5 Å². The van der Waals surface area contributed by atoms with E-state index in [0.717, 1.165) is 6.07 Å². The van der Waals surface area contributed by atoms with Crippen molar-refractivity contribution in [2.75, 3.05) is 0 Å². The van der Waals surface area contributed by atoms with Crippen LogP contribution < -0.4 is 0 Å². The molecule has 0 bridgehead atoms. The molecule has 14 heavy (non-hydrogen) atoms. The monoisotopic (exact) mass is 269 g/mol. The Kier molecular flexibility index (Phi) is 2.87. The van der Waals surface area contributed by atoms with Crippen LogP contribution in [0, 0.1) is 0 Å². The maximum Gasteiger partial charge on any atom is 0.422 e. The summed E-state index contributed by atoms with van der Waals surface area (Å²) in [6.45, 7) is 0.668. The topological polar surface area (TPSA) is 33.1 Å². The predicted molar refractivity (Wildman–Crippen MR) is 47.6 cm³/mol. The van der Waals surface area contributed by atoms with E-state index in [4.69, 9.17) is 0 Å². The lowest BCUT2D eigenvalue weighted by atomic mass is 10.0. The van der Waals surface area contributed by atoms with E-state index >= 15 is 0 Å². The lowest BCUT2D eigenvalue weighted by molar-refractivity contribution is -0.260. The molecule has 1 atom stereocenters. The van der Waals surface area contributed by atoms with Crippen LogP contribution in [0.5, 0.6) is 0 Å². The highest BCUT2D eigenvalue weighted by molar-refractivity contribution is 9.10. The molecular weight excluding hydrogens is 263 g/mol. The van der Waals surface area contributed by atoms with Gasteiger partial charge in [-0.15, -0.1) is 0 Å². The molecule has 0 fully saturated rings. The van der Waals surface area contributed by atoms with E-state index in [1.54, 1.807) is 0 Å². The van der Waals surface area contributed by atoms with Crippen LogP contribution in [0.3, 0.4) is 0 Å². The van der Waals surface area contributed by atoms with Crippen molar-refractivity contribution < 1.29 is 18.3 Å². The highest BCUT2D eigenvalue weighted by Crippen LogP contribution is 2.37. The maximum atomic E-state index is 12.3. The number of halogens is 4. The van der Waals surface area contributed by atoms with Crippen molar-refractivity contribution in [1.82, 2.24) is 4.98 Å². The summed E-state index contributed by atoms with van der Waals surface area (Å²) in [5, 5.41) is 9.24. The molecule has 0 unspecified atom stereocenters. The van der Waals surface area contributed by atoms with Gasteiger partial charge >= 0.3 is 6.18 Å². The summed E-state index contributed by atoms with van der Waals surface area (Å²) < 4.78 is 37.3. The van der Waals surface area contributed by atoms with Crippen LogP contribution in [-0.4, -0.2) is 16.3 Å². The van der Waals surface area contributed by atoms with Gasteiger partial charge in [0.05, 0.1) is 5.69 Å². The molecule has 0 radical (unpaired) electrons. The summed E-state index contributed by atoms with van der Waals surface area (Å²) in [6.07, 6.45) is -4.74. The first kappa shape index (κ1) is 11.5. The van der Waals surface area contributed by atoms with Gasteiger partial charge in [-0.2, -0.15) is 13.2 Å². The van der Waals surface area contributed by atoms with Gasteiger partial charge in [0.2, 0.25) is 0 Å². The summed E-state index contributed by atoms with van der Waals surface area (Å²) in [5.41, 5.74) is -3.35. The van der Waals surface area contributed by atoms with Crippen LogP contribution in [0.25, 0.3) is 0 Å². The quantitative estimate of drug-likeness (QED) is 0.796. The molecule has 1 aromatic heterocycles. The molecule has 0 aliphatic carbocycles. The van der Waals surface area contributed by atoms with Gasteiger partial charge in [0.1, 0.15) is 4.60 Å². The molecule has 2 nitrogen and oxygen atoms in total. The van der Waals surface area contributed by atoms with Crippen LogP contribution in [-0.2, 0) is 5.60 Å². The fourth-order valence-corrected chi connectivity index (χ4v) is 1.17. The minimum Gasteiger partial charge on any atom is -0.375 e. The number of alkyl halides is 3. The molecule has 1 heterocycles. The van der Waals surface area contributed by atoms with Gasteiger partial charge in [0, 0.05) is 0 Å². The number of aromatic nitrogens is 1. The SMILES string of the molecule is C[C@](O)(c1cccc(Br)n1)C(F)(F)F. The third kappa shape index (κ3) is 2.06. The summed E-state index contributed by atoms with van der Waals surface area (Å²) in [6, 6.07) is 3.99. The highest BCUT2D eigenvalue weighted by atomic mass is 79.9. The maximum absolute atomic E-state index is 12.3. The van der Waals surface area contributed by atoms with Crippen molar-refractivity contribution in [2.45, 2.75) is 18.7 Å². The van der Waals surface area contributed by atoms with Crippen LogP contribution in [0.4, 0.5) is 13.2 Å². The number of aliphatic hydroxyl groups is 1. The minimum atomic E-state index is -4.74. The fraction of sp³-hybridized carbons (Fsp3) is 0.375. The van der Waals surface area contributed by atoms with Crippen molar-refractivity contribution >= 4 is 15.9 Å². The fourth-order valence-electron chi connectivity index (χ4n) is 0.825. The van der Waals surface area contributed by atoms with Gasteiger partial charge in [0.25, 0.3) is 0 Å². The number of pyridine rings is 1. The standard InChI is InChI=1S/C8H7BrF3NO/c1-7(14,8(10,11)12)5-3-2-4-6(9)13-5/h2-4,14H,1H3/t7-/m0/s1. The Bertz CT molecular complexity index is 338.